The van der Waals surface area contributed by atoms with Crippen LogP contribution in [-0.4, -0.2) is 32.0 Å². The Morgan fingerprint density at radius 2 is 2.14 bits per heavy atom. The van der Waals surface area contributed by atoms with Gasteiger partial charge in [-0.3, -0.25) is 4.79 Å². The fourth-order valence-corrected chi connectivity index (χ4v) is 3.93. The van der Waals surface area contributed by atoms with Gasteiger partial charge in [-0.25, -0.2) is 4.98 Å². The molecule has 0 fully saturated rings. The second-order valence-electron chi connectivity index (χ2n) is 8.11. The molecule has 28 heavy (non-hydrogen) atoms. The van der Waals surface area contributed by atoms with E-state index in [2.05, 4.69) is 18.8 Å². The molecule has 1 aliphatic rings. The summed E-state index contributed by atoms with van der Waals surface area (Å²) in [7, 11) is 1.94. The molecule has 0 saturated carbocycles. The predicted octanol–water partition coefficient (Wildman–Crippen LogP) is 3.97. The molecule has 0 radical (unpaired) electrons. The number of hydrogen-bond acceptors (Lipinski definition) is 4. The number of amides is 1. The van der Waals surface area contributed by atoms with Gasteiger partial charge in [0.2, 0.25) is 0 Å². The van der Waals surface area contributed by atoms with E-state index in [0.29, 0.717) is 31.0 Å². The largest absolute Gasteiger partial charge is 0.508 e. The van der Waals surface area contributed by atoms with Gasteiger partial charge in [0, 0.05) is 43.0 Å². The van der Waals surface area contributed by atoms with Crippen molar-refractivity contribution in [1.29, 1.82) is 0 Å². The first-order chi connectivity index (χ1) is 13.3. The Morgan fingerprint density at radius 1 is 1.36 bits per heavy atom. The molecule has 148 valence electrons. The molecule has 0 unspecified atom stereocenters. The summed E-state index contributed by atoms with van der Waals surface area (Å²) in [5, 5.41) is 10.7. The third-order valence-electron chi connectivity index (χ3n) is 5.68. The number of nitrogens with zero attached hydrogens (tertiary/aromatic N) is 3. The van der Waals surface area contributed by atoms with Crippen LogP contribution < -0.4 is 0 Å². The van der Waals surface area contributed by atoms with Crippen LogP contribution in [0.2, 0.25) is 0 Å². The standard InChI is InChI=1S/C22H27N3O3/c1-13(2)5-8-20-23-17-12-25(10-9-19(17)28-20)22(27)21-14(3)24(4)18-7-6-15(26)11-16(18)21/h6-7,11,13,26H,5,8-10,12H2,1-4H3. The second kappa shape index (κ2) is 7.00. The van der Waals surface area contributed by atoms with Crippen molar-refractivity contribution in [1.82, 2.24) is 14.5 Å². The lowest BCUT2D eigenvalue weighted by Gasteiger charge is -2.25. The molecule has 0 spiro atoms. The zero-order chi connectivity index (χ0) is 20.0. The molecule has 1 aliphatic heterocycles. The van der Waals surface area contributed by atoms with Gasteiger partial charge in [0.15, 0.2) is 5.89 Å². The van der Waals surface area contributed by atoms with Crippen molar-refractivity contribution in [2.24, 2.45) is 13.0 Å². The van der Waals surface area contributed by atoms with E-state index in [1.54, 1.807) is 12.1 Å². The number of benzene rings is 1. The van der Waals surface area contributed by atoms with Crippen molar-refractivity contribution in [3.63, 3.8) is 0 Å². The van der Waals surface area contributed by atoms with Crippen molar-refractivity contribution in [2.45, 2.75) is 46.6 Å². The third-order valence-corrected chi connectivity index (χ3v) is 5.68. The minimum Gasteiger partial charge on any atom is -0.508 e. The molecule has 0 atom stereocenters. The maximum Gasteiger partial charge on any atom is 0.256 e. The Bertz CT molecular complexity index is 1050. The molecule has 6 nitrogen and oxygen atoms in total. The van der Waals surface area contributed by atoms with E-state index in [1.165, 1.54) is 0 Å². The number of rotatable bonds is 4. The molecule has 4 rings (SSSR count). The first kappa shape index (κ1) is 18.6. The van der Waals surface area contributed by atoms with Crippen molar-refractivity contribution in [3.8, 4) is 5.75 Å². The first-order valence-corrected chi connectivity index (χ1v) is 9.90. The van der Waals surface area contributed by atoms with Gasteiger partial charge in [0.25, 0.3) is 5.91 Å². The number of carbonyl (C=O) groups is 1. The van der Waals surface area contributed by atoms with Gasteiger partial charge in [-0.1, -0.05) is 13.8 Å². The Labute approximate surface area is 164 Å². The topological polar surface area (TPSA) is 71.5 Å². The number of fused-ring (bicyclic) bond motifs is 2. The highest BCUT2D eigenvalue weighted by molar-refractivity contribution is 6.08. The lowest BCUT2D eigenvalue weighted by molar-refractivity contribution is 0.0729. The average molecular weight is 381 g/mol. The number of carbonyl (C=O) groups excluding carboxylic acids is 1. The highest BCUT2D eigenvalue weighted by Gasteiger charge is 2.29. The molecule has 1 amide bonds. The van der Waals surface area contributed by atoms with Crippen LogP contribution in [0.25, 0.3) is 10.9 Å². The number of hydrogen-bond donors (Lipinski definition) is 1. The number of aryl methyl sites for hydroxylation is 2. The summed E-state index contributed by atoms with van der Waals surface area (Å²) in [5.41, 5.74) is 3.36. The van der Waals surface area contributed by atoms with Crippen molar-refractivity contribution in [3.05, 3.63) is 46.8 Å². The van der Waals surface area contributed by atoms with Crippen LogP contribution in [0.15, 0.2) is 22.6 Å². The lowest BCUT2D eigenvalue weighted by Crippen LogP contribution is -2.36. The van der Waals surface area contributed by atoms with Gasteiger partial charge in [-0.15, -0.1) is 0 Å². The minimum atomic E-state index is -0.0221. The summed E-state index contributed by atoms with van der Waals surface area (Å²) in [4.78, 5) is 19.8. The number of phenolic OH excluding ortho intramolecular Hbond substituents is 1. The van der Waals surface area contributed by atoms with Crippen LogP contribution in [-0.2, 0) is 26.4 Å². The quantitative estimate of drug-likeness (QED) is 0.742. The van der Waals surface area contributed by atoms with Gasteiger partial charge in [0.05, 0.1) is 12.1 Å². The predicted molar refractivity (Wildman–Crippen MR) is 107 cm³/mol. The molecule has 1 aromatic carbocycles. The molecule has 0 bridgehead atoms. The molecular formula is C22H27N3O3. The van der Waals surface area contributed by atoms with Crippen molar-refractivity contribution >= 4 is 16.8 Å². The second-order valence-corrected chi connectivity index (χ2v) is 8.11. The summed E-state index contributed by atoms with van der Waals surface area (Å²) in [6.45, 7) is 7.40. The SMILES string of the molecule is Cc1c(C(=O)N2CCc3oc(CCC(C)C)nc3C2)c2cc(O)ccc2n1C. The van der Waals surface area contributed by atoms with Crippen LogP contribution >= 0.6 is 0 Å². The molecule has 1 N–H and O–H groups in total. The van der Waals surface area contributed by atoms with Crippen LogP contribution in [0.3, 0.4) is 0 Å². The lowest BCUT2D eigenvalue weighted by atomic mass is 10.1. The van der Waals surface area contributed by atoms with E-state index in [4.69, 9.17) is 4.42 Å². The molecule has 3 aromatic rings. The Morgan fingerprint density at radius 3 is 2.89 bits per heavy atom. The minimum absolute atomic E-state index is 0.0221. The van der Waals surface area contributed by atoms with E-state index >= 15 is 0 Å². The van der Waals surface area contributed by atoms with Crippen molar-refractivity contribution in [2.75, 3.05) is 6.54 Å². The van der Waals surface area contributed by atoms with Crippen LogP contribution in [0.4, 0.5) is 0 Å². The van der Waals surface area contributed by atoms with E-state index in [-0.39, 0.29) is 11.7 Å². The van der Waals surface area contributed by atoms with Gasteiger partial charge < -0.3 is 19.0 Å². The van der Waals surface area contributed by atoms with Gasteiger partial charge >= 0.3 is 0 Å². The molecule has 0 aliphatic carbocycles. The summed E-state index contributed by atoms with van der Waals surface area (Å²) >= 11 is 0. The fraction of sp³-hybridized carbons (Fsp3) is 0.455. The maximum atomic E-state index is 13.4. The Balaban J connectivity index is 1.61. The highest BCUT2D eigenvalue weighted by atomic mass is 16.4. The smallest absolute Gasteiger partial charge is 0.256 e. The molecule has 2 aromatic heterocycles. The normalized spacial score (nSPS) is 14.1. The summed E-state index contributed by atoms with van der Waals surface area (Å²) in [6, 6.07) is 5.17. The van der Waals surface area contributed by atoms with E-state index in [9.17, 15) is 9.90 Å². The van der Waals surface area contributed by atoms with E-state index < -0.39 is 0 Å². The zero-order valence-corrected chi connectivity index (χ0v) is 17.0. The Hall–Kier alpha value is -2.76. The first-order valence-electron chi connectivity index (χ1n) is 9.90. The number of aromatic hydroxyl groups is 1. The van der Waals surface area contributed by atoms with Gasteiger partial charge in [-0.2, -0.15) is 0 Å². The highest BCUT2D eigenvalue weighted by Crippen LogP contribution is 2.31. The summed E-state index contributed by atoms with van der Waals surface area (Å²) < 4.78 is 7.92. The zero-order valence-electron chi connectivity index (χ0n) is 17.0. The number of aromatic nitrogens is 2. The molecule has 3 heterocycles. The molecule has 0 saturated heterocycles. The summed E-state index contributed by atoms with van der Waals surface area (Å²) in [5.74, 6) is 2.44. The maximum absolute atomic E-state index is 13.4. The monoisotopic (exact) mass is 381 g/mol. The van der Waals surface area contributed by atoms with E-state index in [0.717, 1.165) is 46.8 Å². The Kier molecular flexibility index (Phi) is 4.65. The van der Waals surface area contributed by atoms with Crippen LogP contribution in [0.5, 0.6) is 5.75 Å². The van der Waals surface area contributed by atoms with Crippen LogP contribution in [0, 0.1) is 12.8 Å². The third kappa shape index (κ3) is 3.17. The summed E-state index contributed by atoms with van der Waals surface area (Å²) in [6.07, 6.45) is 2.56. The fourth-order valence-electron chi connectivity index (χ4n) is 3.93. The van der Waals surface area contributed by atoms with Crippen molar-refractivity contribution < 1.29 is 14.3 Å². The molecule has 6 heteroatoms. The molecular weight excluding hydrogens is 354 g/mol. The van der Waals surface area contributed by atoms with Gasteiger partial charge in [0.1, 0.15) is 17.2 Å². The average Bonchev–Trinajstić information content (AvgIpc) is 3.17. The number of phenols is 1. The number of oxazole rings is 1. The van der Waals surface area contributed by atoms with Crippen LogP contribution in [0.1, 0.15) is 53.7 Å². The van der Waals surface area contributed by atoms with Gasteiger partial charge in [-0.05, 0) is 37.5 Å². The van der Waals surface area contributed by atoms with E-state index in [1.807, 2.05) is 29.5 Å².